The summed E-state index contributed by atoms with van der Waals surface area (Å²) in [7, 11) is 1.84. The van der Waals surface area contributed by atoms with Crippen molar-refractivity contribution in [1.82, 2.24) is 9.88 Å². The van der Waals surface area contributed by atoms with Gasteiger partial charge in [-0.05, 0) is 43.4 Å². The topological polar surface area (TPSA) is 59.2 Å². The molecule has 98 valence electrons. The molecule has 4 nitrogen and oxygen atoms in total. The second-order valence-electron chi connectivity index (χ2n) is 5.17. The normalized spacial score (nSPS) is 18.2. The summed E-state index contributed by atoms with van der Waals surface area (Å²) < 4.78 is 0. The van der Waals surface area contributed by atoms with Crippen molar-refractivity contribution in [3.05, 3.63) is 30.1 Å². The van der Waals surface area contributed by atoms with Crippen molar-refractivity contribution in [2.45, 2.75) is 38.3 Å². The molecule has 1 fully saturated rings. The van der Waals surface area contributed by atoms with Crippen LogP contribution in [0.5, 0.6) is 0 Å². The van der Waals surface area contributed by atoms with Crippen LogP contribution in [0.25, 0.3) is 0 Å². The minimum Gasteiger partial charge on any atom is -0.339 e. The van der Waals surface area contributed by atoms with E-state index in [0.29, 0.717) is 12.3 Å². The number of carbonyl (C=O) groups excluding carboxylic acids is 1. The Morgan fingerprint density at radius 3 is 2.67 bits per heavy atom. The summed E-state index contributed by atoms with van der Waals surface area (Å²) in [5.41, 5.74) is 7.10. The second kappa shape index (κ2) is 5.48. The lowest BCUT2D eigenvalue weighted by atomic mass is 10.1. The van der Waals surface area contributed by atoms with Crippen molar-refractivity contribution in [2.75, 3.05) is 7.05 Å². The van der Waals surface area contributed by atoms with Gasteiger partial charge in [-0.25, -0.2) is 0 Å². The molecule has 2 N–H and O–H groups in total. The van der Waals surface area contributed by atoms with Gasteiger partial charge in [0, 0.05) is 31.9 Å². The molecule has 0 radical (unpaired) electrons. The van der Waals surface area contributed by atoms with Gasteiger partial charge in [0.15, 0.2) is 0 Å². The molecule has 0 aromatic carbocycles. The van der Waals surface area contributed by atoms with Crippen LogP contribution in [-0.4, -0.2) is 28.9 Å². The quantitative estimate of drug-likeness (QED) is 0.862. The summed E-state index contributed by atoms with van der Waals surface area (Å²) in [6.07, 6.45) is 6.31. The maximum atomic E-state index is 12.1. The molecule has 0 bridgehead atoms. The van der Waals surface area contributed by atoms with Crippen LogP contribution in [0.15, 0.2) is 24.5 Å². The first kappa shape index (κ1) is 13.0. The summed E-state index contributed by atoms with van der Waals surface area (Å²) in [6, 6.07) is 3.97. The van der Waals surface area contributed by atoms with E-state index in [1.807, 2.05) is 26.1 Å². The first-order chi connectivity index (χ1) is 8.59. The maximum absolute atomic E-state index is 12.1. The Hall–Kier alpha value is -1.42. The number of hydrogen-bond acceptors (Lipinski definition) is 3. The lowest BCUT2D eigenvalue weighted by Gasteiger charge is -2.26. The molecule has 2 unspecified atom stereocenters. The molecule has 4 heteroatoms. The van der Waals surface area contributed by atoms with E-state index >= 15 is 0 Å². The number of nitrogens with zero attached hydrogens (tertiary/aromatic N) is 2. The average molecular weight is 247 g/mol. The molecule has 1 heterocycles. The zero-order chi connectivity index (χ0) is 13.1. The Morgan fingerprint density at radius 1 is 1.50 bits per heavy atom. The molecule has 1 aromatic rings. The monoisotopic (exact) mass is 247 g/mol. The highest BCUT2D eigenvalue weighted by Crippen LogP contribution is 2.33. The Balaban J connectivity index is 1.93. The minimum atomic E-state index is 0.0320. The molecule has 18 heavy (non-hydrogen) atoms. The molecule has 1 amide bonds. The zero-order valence-corrected chi connectivity index (χ0v) is 11.0. The summed E-state index contributed by atoms with van der Waals surface area (Å²) in [5, 5.41) is 0. The van der Waals surface area contributed by atoms with Crippen molar-refractivity contribution in [2.24, 2.45) is 11.7 Å². The zero-order valence-electron chi connectivity index (χ0n) is 11.0. The number of aromatic nitrogens is 1. The molecule has 1 saturated carbocycles. The third-order valence-corrected chi connectivity index (χ3v) is 3.80. The predicted molar refractivity (Wildman–Crippen MR) is 70.7 cm³/mol. The molecule has 2 atom stereocenters. The number of pyridine rings is 1. The third-order valence-electron chi connectivity index (χ3n) is 3.80. The van der Waals surface area contributed by atoms with Crippen molar-refractivity contribution in [1.29, 1.82) is 0 Å². The summed E-state index contributed by atoms with van der Waals surface area (Å²) >= 11 is 0. The molecule has 1 aliphatic carbocycles. The van der Waals surface area contributed by atoms with Crippen LogP contribution in [0.3, 0.4) is 0 Å². The van der Waals surface area contributed by atoms with E-state index < -0.39 is 0 Å². The Kier molecular flexibility index (Phi) is 3.97. The van der Waals surface area contributed by atoms with Gasteiger partial charge in [0.2, 0.25) is 5.91 Å². The van der Waals surface area contributed by atoms with E-state index in [0.717, 1.165) is 5.56 Å². The van der Waals surface area contributed by atoms with Gasteiger partial charge in [0.25, 0.3) is 0 Å². The van der Waals surface area contributed by atoms with Crippen LogP contribution < -0.4 is 5.73 Å². The van der Waals surface area contributed by atoms with E-state index in [2.05, 4.69) is 4.98 Å². The van der Waals surface area contributed by atoms with Gasteiger partial charge in [-0.3, -0.25) is 9.78 Å². The minimum absolute atomic E-state index is 0.0320. The standard InChI is InChI=1S/C14H21N3O/c1-10(11-5-7-16-8-6-11)17(2)14(18)9-13(15)12-3-4-12/h5-8,10,12-13H,3-4,9,15H2,1-2H3. The number of amides is 1. The number of rotatable bonds is 5. The van der Waals surface area contributed by atoms with Crippen LogP contribution >= 0.6 is 0 Å². The molecule has 1 aliphatic rings. The van der Waals surface area contributed by atoms with Gasteiger partial charge in [0.05, 0.1) is 6.04 Å². The van der Waals surface area contributed by atoms with Crippen molar-refractivity contribution in [3.8, 4) is 0 Å². The summed E-state index contributed by atoms with van der Waals surface area (Å²) in [4.78, 5) is 17.9. The van der Waals surface area contributed by atoms with Crippen molar-refractivity contribution < 1.29 is 4.79 Å². The lowest BCUT2D eigenvalue weighted by molar-refractivity contribution is -0.132. The summed E-state index contributed by atoms with van der Waals surface area (Å²) in [6.45, 7) is 2.02. The van der Waals surface area contributed by atoms with Crippen LogP contribution in [0, 0.1) is 5.92 Å². The van der Waals surface area contributed by atoms with E-state index in [4.69, 9.17) is 5.73 Å². The van der Waals surface area contributed by atoms with E-state index in [1.165, 1.54) is 12.8 Å². The first-order valence-corrected chi connectivity index (χ1v) is 6.50. The van der Waals surface area contributed by atoms with E-state index in [9.17, 15) is 4.79 Å². The number of hydrogen-bond donors (Lipinski definition) is 1. The van der Waals surface area contributed by atoms with Crippen molar-refractivity contribution in [3.63, 3.8) is 0 Å². The van der Waals surface area contributed by atoms with E-state index in [1.54, 1.807) is 17.3 Å². The van der Waals surface area contributed by atoms with Gasteiger partial charge in [-0.2, -0.15) is 0 Å². The predicted octanol–water partition coefficient (Wildman–Crippen LogP) is 1.73. The molecular formula is C14H21N3O. The highest BCUT2D eigenvalue weighted by molar-refractivity contribution is 5.77. The Labute approximate surface area is 108 Å². The van der Waals surface area contributed by atoms with Gasteiger partial charge in [-0.1, -0.05) is 0 Å². The number of nitrogens with two attached hydrogens (primary N) is 1. The third kappa shape index (κ3) is 3.07. The maximum Gasteiger partial charge on any atom is 0.224 e. The van der Waals surface area contributed by atoms with Crippen molar-refractivity contribution >= 4 is 5.91 Å². The molecule has 0 aliphatic heterocycles. The molecule has 0 spiro atoms. The molecule has 2 rings (SSSR count). The molecular weight excluding hydrogens is 226 g/mol. The molecule has 1 aromatic heterocycles. The SMILES string of the molecule is CC(c1ccncc1)N(C)C(=O)CC(N)C1CC1. The second-order valence-corrected chi connectivity index (χ2v) is 5.17. The summed E-state index contributed by atoms with van der Waals surface area (Å²) in [5.74, 6) is 0.692. The highest BCUT2D eigenvalue weighted by Gasteiger charge is 2.31. The van der Waals surface area contributed by atoms with Gasteiger partial charge in [0.1, 0.15) is 0 Å². The number of carbonyl (C=O) groups is 1. The Morgan fingerprint density at radius 2 is 2.11 bits per heavy atom. The fourth-order valence-electron chi connectivity index (χ4n) is 2.12. The first-order valence-electron chi connectivity index (χ1n) is 6.50. The van der Waals surface area contributed by atoms with Crippen LogP contribution in [0.1, 0.15) is 37.8 Å². The van der Waals surface area contributed by atoms with Crippen LogP contribution in [0.2, 0.25) is 0 Å². The fraction of sp³-hybridized carbons (Fsp3) is 0.571. The average Bonchev–Trinajstić information content (AvgIpc) is 3.22. The highest BCUT2D eigenvalue weighted by atomic mass is 16.2. The van der Waals surface area contributed by atoms with Gasteiger partial charge < -0.3 is 10.6 Å². The smallest absolute Gasteiger partial charge is 0.224 e. The largest absolute Gasteiger partial charge is 0.339 e. The fourth-order valence-corrected chi connectivity index (χ4v) is 2.12. The van der Waals surface area contributed by atoms with E-state index in [-0.39, 0.29) is 18.0 Å². The lowest BCUT2D eigenvalue weighted by Crippen LogP contribution is -2.35. The van der Waals surface area contributed by atoms with Crippen LogP contribution in [0.4, 0.5) is 0 Å². The van der Waals surface area contributed by atoms with Crippen LogP contribution in [-0.2, 0) is 4.79 Å². The van der Waals surface area contributed by atoms with Gasteiger partial charge >= 0.3 is 0 Å². The molecule has 0 saturated heterocycles. The van der Waals surface area contributed by atoms with Gasteiger partial charge in [-0.15, -0.1) is 0 Å². The Bertz CT molecular complexity index is 403.